The third-order valence-corrected chi connectivity index (χ3v) is 6.83. The van der Waals surface area contributed by atoms with E-state index in [1.807, 2.05) is 18.2 Å². The van der Waals surface area contributed by atoms with Crippen molar-refractivity contribution in [2.75, 3.05) is 13.6 Å². The maximum atomic E-state index is 12.9. The second kappa shape index (κ2) is 6.95. The highest BCUT2D eigenvalue weighted by atomic mass is 16.5. The van der Waals surface area contributed by atoms with Gasteiger partial charge in [-0.05, 0) is 52.9 Å². The molecule has 0 aromatic heterocycles. The molecule has 0 aliphatic carbocycles. The molecule has 0 unspecified atom stereocenters. The van der Waals surface area contributed by atoms with Gasteiger partial charge in [0.1, 0.15) is 11.9 Å². The number of piperidine rings is 1. The van der Waals surface area contributed by atoms with Crippen LogP contribution in [0.1, 0.15) is 61.3 Å². The molecule has 5 nitrogen and oxygen atoms in total. The smallest absolute Gasteiger partial charge is 0.261 e. The third-order valence-electron chi connectivity index (χ3n) is 6.83. The van der Waals surface area contributed by atoms with Gasteiger partial charge in [-0.3, -0.25) is 19.4 Å². The molecule has 0 spiro atoms. The van der Waals surface area contributed by atoms with Gasteiger partial charge in [-0.2, -0.15) is 0 Å². The van der Waals surface area contributed by atoms with E-state index in [9.17, 15) is 9.59 Å². The van der Waals surface area contributed by atoms with Crippen molar-refractivity contribution in [1.82, 2.24) is 9.80 Å². The Kier molecular flexibility index (Phi) is 4.77. The number of nitrogens with zero attached hydrogens (tertiary/aromatic N) is 2. The van der Waals surface area contributed by atoms with E-state index in [-0.39, 0.29) is 35.5 Å². The van der Waals surface area contributed by atoms with Gasteiger partial charge in [-0.15, -0.1) is 6.58 Å². The summed E-state index contributed by atoms with van der Waals surface area (Å²) in [7, 11) is 2.17. The third kappa shape index (κ3) is 3.12. The Hall–Kier alpha value is -2.66. The molecule has 158 valence electrons. The zero-order valence-electron chi connectivity index (χ0n) is 18.5. The van der Waals surface area contributed by atoms with Crippen LogP contribution < -0.4 is 4.74 Å². The Bertz CT molecular complexity index is 1010. The van der Waals surface area contributed by atoms with Gasteiger partial charge in [0, 0.05) is 52.4 Å². The molecule has 0 radical (unpaired) electrons. The highest BCUT2D eigenvalue weighted by molar-refractivity contribution is 6.26. The normalized spacial score (nSPS) is 21.2. The summed E-state index contributed by atoms with van der Waals surface area (Å²) in [5, 5.41) is 1.51. The molecule has 2 aromatic rings. The Balaban J connectivity index is 1.75. The number of carbonyl (C=O) groups is 2. The summed E-state index contributed by atoms with van der Waals surface area (Å²) in [6.45, 7) is 12.8. The van der Waals surface area contributed by atoms with Crippen molar-refractivity contribution >= 4 is 22.6 Å². The van der Waals surface area contributed by atoms with Gasteiger partial charge in [0.2, 0.25) is 0 Å². The van der Waals surface area contributed by atoms with Crippen LogP contribution in [-0.4, -0.2) is 52.4 Å². The molecule has 1 fully saturated rings. The van der Waals surface area contributed by atoms with Crippen LogP contribution >= 0.6 is 0 Å². The van der Waals surface area contributed by atoms with Crippen molar-refractivity contribution < 1.29 is 14.3 Å². The SMILES string of the molecule is C=CCN1C(=O)c2cccc3c(OC4CC(C)(C)N(C)C(C)(C)C4)ccc(c23)C1=O. The van der Waals surface area contributed by atoms with Gasteiger partial charge in [-0.25, -0.2) is 0 Å². The molecule has 2 aliphatic rings. The standard InChI is InChI=1S/C25H30N2O3/c1-7-13-27-22(28)18-10-8-9-17-20(12-11-19(21(17)18)23(27)29)30-16-14-24(2,3)26(6)25(4,5)15-16/h7-12,16H,1,13-15H2,2-6H3. The van der Waals surface area contributed by atoms with Gasteiger partial charge < -0.3 is 4.74 Å². The summed E-state index contributed by atoms with van der Waals surface area (Å²) in [4.78, 5) is 29.5. The molecular formula is C25H30N2O3. The van der Waals surface area contributed by atoms with Crippen LogP contribution in [0.2, 0.25) is 0 Å². The lowest BCUT2D eigenvalue weighted by molar-refractivity contribution is -0.0552. The fourth-order valence-electron chi connectivity index (χ4n) is 5.06. The van der Waals surface area contributed by atoms with Gasteiger partial charge in [0.15, 0.2) is 0 Å². The van der Waals surface area contributed by atoms with Gasteiger partial charge in [-0.1, -0.05) is 18.2 Å². The number of likely N-dealkylation sites (tertiary alicyclic amines) is 1. The van der Waals surface area contributed by atoms with Crippen LogP contribution in [0.3, 0.4) is 0 Å². The zero-order chi connectivity index (χ0) is 21.8. The molecule has 30 heavy (non-hydrogen) atoms. The molecule has 2 amide bonds. The lowest BCUT2D eigenvalue weighted by Gasteiger charge is -2.53. The average Bonchev–Trinajstić information content (AvgIpc) is 2.68. The van der Waals surface area contributed by atoms with Crippen molar-refractivity contribution in [1.29, 1.82) is 0 Å². The first-order valence-corrected chi connectivity index (χ1v) is 10.5. The highest BCUT2D eigenvalue weighted by Crippen LogP contribution is 2.41. The van der Waals surface area contributed by atoms with Gasteiger partial charge >= 0.3 is 0 Å². The zero-order valence-corrected chi connectivity index (χ0v) is 18.5. The molecule has 5 heteroatoms. The van der Waals surface area contributed by atoms with Crippen LogP contribution in [0.25, 0.3) is 10.8 Å². The maximum absolute atomic E-state index is 12.9. The minimum atomic E-state index is -0.281. The quantitative estimate of drug-likeness (QED) is 0.548. The summed E-state index contributed by atoms with van der Waals surface area (Å²) in [6.07, 6.45) is 3.43. The first kappa shape index (κ1) is 20.6. The average molecular weight is 407 g/mol. The Morgan fingerprint density at radius 3 is 2.23 bits per heavy atom. The monoisotopic (exact) mass is 406 g/mol. The van der Waals surface area contributed by atoms with Crippen molar-refractivity contribution in [3.63, 3.8) is 0 Å². The van der Waals surface area contributed by atoms with Crippen LogP contribution in [0.15, 0.2) is 43.0 Å². The van der Waals surface area contributed by atoms with E-state index in [4.69, 9.17) is 4.74 Å². The van der Waals surface area contributed by atoms with Crippen molar-refractivity contribution in [2.45, 2.75) is 57.7 Å². The maximum Gasteiger partial charge on any atom is 0.261 e. The van der Waals surface area contributed by atoms with Crippen LogP contribution in [0.5, 0.6) is 5.75 Å². The molecule has 2 aromatic carbocycles. The predicted molar refractivity (Wildman–Crippen MR) is 119 cm³/mol. The van der Waals surface area contributed by atoms with E-state index in [2.05, 4.69) is 46.2 Å². The minimum Gasteiger partial charge on any atom is -0.490 e. The van der Waals surface area contributed by atoms with E-state index in [1.54, 1.807) is 18.2 Å². The van der Waals surface area contributed by atoms with E-state index in [0.29, 0.717) is 16.5 Å². The van der Waals surface area contributed by atoms with E-state index in [0.717, 1.165) is 24.0 Å². The second-order valence-corrected chi connectivity index (χ2v) is 9.68. The van der Waals surface area contributed by atoms with Crippen molar-refractivity contribution in [3.05, 3.63) is 54.1 Å². The summed E-state index contributed by atoms with van der Waals surface area (Å²) >= 11 is 0. The Morgan fingerprint density at radius 2 is 1.63 bits per heavy atom. The number of benzene rings is 2. The minimum absolute atomic E-state index is 0.00980. The lowest BCUT2D eigenvalue weighted by Crippen LogP contribution is -2.60. The van der Waals surface area contributed by atoms with Crippen molar-refractivity contribution in [2.24, 2.45) is 0 Å². The number of amides is 2. The molecule has 2 aliphatic heterocycles. The Labute approximate surface area is 178 Å². The molecule has 0 atom stereocenters. The van der Waals surface area contributed by atoms with Gasteiger partial charge in [0.05, 0.1) is 0 Å². The van der Waals surface area contributed by atoms with Crippen molar-refractivity contribution in [3.8, 4) is 5.75 Å². The number of hydrogen-bond acceptors (Lipinski definition) is 4. The fourth-order valence-corrected chi connectivity index (χ4v) is 5.06. The summed E-state index contributed by atoms with van der Waals surface area (Å²) < 4.78 is 6.53. The summed E-state index contributed by atoms with van der Waals surface area (Å²) in [6, 6.07) is 9.24. The number of rotatable bonds is 4. The number of hydrogen-bond donors (Lipinski definition) is 0. The molecule has 4 rings (SSSR count). The number of carbonyl (C=O) groups excluding carboxylic acids is 2. The number of ether oxygens (including phenoxy) is 1. The van der Waals surface area contributed by atoms with Crippen LogP contribution in [-0.2, 0) is 0 Å². The van der Waals surface area contributed by atoms with E-state index < -0.39 is 0 Å². The number of imide groups is 1. The fraction of sp³-hybridized carbons (Fsp3) is 0.440. The predicted octanol–water partition coefficient (Wildman–Crippen LogP) is 4.65. The lowest BCUT2D eigenvalue weighted by atomic mass is 9.78. The molecule has 2 heterocycles. The first-order valence-electron chi connectivity index (χ1n) is 10.5. The summed E-state index contributed by atoms with van der Waals surface area (Å²) in [5.41, 5.74) is 1.10. The first-order chi connectivity index (χ1) is 14.1. The Morgan fingerprint density at radius 1 is 1.03 bits per heavy atom. The molecule has 0 saturated carbocycles. The molecule has 0 N–H and O–H groups in total. The van der Waals surface area contributed by atoms with Gasteiger partial charge in [0.25, 0.3) is 11.8 Å². The van der Waals surface area contributed by atoms with E-state index in [1.165, 1.54) is 4.90 Å². The molecule has 0 bridgehead atoms. The summed E-state index contributed by atoms with van der Waals surface area (Å²) in [5.74, 6) is 0.169. The van der Waals surface area contributed by atoms with E-state index >= 15 is 0 Å². The van der Waals surface area contributed by atoms with Crippen LogP contribution in [0, 0.1) is 0 Å². The van der Waals surface area contributed by atoms with Crippen LogP contribution in [0.4, 0.5) is 0 Å². The largest absolute Gasteiger partial charge is 0.490 e. The second-order valence-electron chi connectivity index (χ2n) is 9.68. The molecule has 1 saturated heterocycles. The molecular weight excluding hydrogens is 376 g/mol. The topological polar surface area (TPSA) is 49.9 Å². The highest BCUT2D eigenvalue weighted by Gasteiger charge is 2.44.